The van der Waals surface area contributed by atoms with Crippen molar-refractivity contribution >= 4 is 5.91 Å². The van der Waals surface area contributed by atoms with Gasteiger partial charge in [0.2, 0.25) is 5.88 Å². The number of para-hydroxylation sites is 1. The molecule has 8 heteroatoms. The molecule has 38 heavy (non-hydrogen) atoms. The number of nitrogens with zero attached hydrogens (tertiary/aromatic N) is 2. The van der Waals surface area contributed by atoms with Crippen LogP contribution in [-0.4, -0.2) is 60.4 Å². The molecule has 2 N–H and O–H groups in total. The van der Waals surface area contributed by atoms with Crippen LogP contribution in [0, 0.1) is 0 Å². The fourth-order valence-corrected chi connectivity index (χ4v) is 5.24. The smallest absolute Gasteiger partial charge is 0.263 e. The first kappa shape index (κ1) is 27.1. The summed E-state index contributed by atoms with van der Waals surface area (Å²) in [7, 11) is 4.73. The monoisotopic (exact) mass is 520 g/mol. The van der Waals surface area contributed by atoms with Gasteiger partial charge in [-0.2, -0.15) is 0 Å². The topological polar surface area (TPSA) is 101 Å². The molecule has 0 unspecified atom stereocenters. The minimum atomic E-state index is -0.469. The number of hydrogen-bond acceptors (Lipinski definition) is 7. The van der Waals surface area contributed by atoms with Gasteiger partial charge in [-0.25, -0.2) is 4.98 Å². The molecule has 202 valence electrons. The van der Waals surface area contributed by atoms with E-state index in [9.17, 15) is 15.0 Å². The standard InChI is InChI=1S/C30H36N2O6/c1-5-6-11-21-25(26-23(37-3)13-9-14-24(26)38-4)28(33)27(29(34)31-21)30(35)32-17-15-19(16-18-32)20-10-7-8-12-22(20)36-2/h7-10,12-14,19H,5-6,11,15-18H2,1-4H3,(H2,31,33,34). The first-order valence-corrected chi connectivity index (χ1v) is 13.0. The van der Waals surface area contributed by atoms with Gasteiger partial charge in [0.15, 0.2) is 0 Å². The van der Waals surface area contributed by atoms with Crippen molar-refractivity contribution in [3.05, 3.63) is 59.3 Å². The van der Waals surface area contributed by atoms with Gasteiger partial charge in [0.1, 0.15) is 28.6 Å². The van der Waals surface area contributed by atoms with E-state index in [0.29, 0.717) is 47.8 Å². The van der Waals surface area contributed by atoms with Crippen LogP contribution in [-0.2, 0) is 6.42 Å². The molecule has 2 heterocycles. The van der Waals surface area contributed by atoms with Crippen LogP contribution >= 0.6 is 0 Å². The molecule has 1 aromatic heterocycles. The average molecular weight is 521 g/mol. The second kappa shape index (κ2) is 12.1. The number of ether oxygens (including phenoxy) is 3. The lowest BCUT2D eigenvalue weighted by atomic mass is 9.88. The molecule has 0 atom stereocenters. The van der Waals surface area contributed by atoms with Crippen LogP contribution in [0.25, 0.3) is 11.1 Å². The summed E-state index contributed by atoms with van der Waals surface area (Å²) in [5, 5.41) is 22.5. The maximum absolute atomic E-state index is 13.7. The van der Waals surface area contributed by atoms with Crippen LogP contribution in [0.1, 0.15) is 60.1 Å². The van der Waals surface area contributed by atoms with Gasteiger partial charge in [0.05, 0.1) is 38.2 Å². The molecule has 0 aliphatic carbocycles. The van der Waals surface area contributed by atoms with Crippen molar-refractivity contribution < 1.29 is 29.2 Å². The van der Waals surface area contributed by atoms with Gasteiger partial charge in [0, 0.05) is 13.1 Å². The molecule has 1 aliphatic heterocycles. The maximum atomic E-state index is 13.7. The van der Waals surface area contributed by atoms with E-state index in [0.717, 1.165) is 37.0 Å². The summed E-state index contributed by atoms with van der Waals surface area (Å²) in [6.07, 6.45) is 3.67. The fourth-order valence-electron chi connectivity index (χ4n) is 5.24. The number of aromatic nitrogens is 1. The van der Waals surface area contributed by atoms with Crippen LogP contribution in [0.3, 0.4) is 0 Å². The predicted molar refractivity (Wildman–Crippen MR) is 146 cm³/mol. The van der Waals surface area contributed by atoms with Crippen molar-refractivity contribution in [2.45, 2.75) is 44.9 Å². The molecule has 0 saturated carbocycles. The third kappa shape index (κ3) is 5.21. The normalized spacial score (nSPS) is 13.8. The Morgan fingerprint density at radius 2 is 1.53 bits per heavy atom. The fraction of sp³-hybridized carbons (Fsp3) is 0.400. The molecule has 1 fully saturated rings. The van der Waals surface area contributed by atoms with E-state index in [1.165, 1.54) is 14.2 Å². The Morgan fingerprint density at radius 3 is 2.13 bits per heavy atom. The summed E-state index contributed by atoms with van der Waals surface area (Å²) in [5.74, 6) is 0.798. The number of benzene rings is 2. The Hall–Kier alpha value is -3.94. The Balaban J connectivity index is 1.71. The van der Waals surface area contributed by atoms with Crippen LogP contribution in [0.2, 0.25) is 0 Å². The number of rotatable bonds is 9. The Morgan fingerprint density at radius 1 is 0.921 bits per heavy atom. The highest BCUT2D eigenvalue weighted by Crippen LogP contribution is 2.47. The Kier molecular flexibility index (Phi) is 8.61. The van der Waals surface area contributed by atoms with E-state index in [-0.39, 0.29) is 17.2 Å². The zero-order valence-corrected chi connectivity index (χ0v) is 22.5. The average Bonchev–Trinajstić information content (AvgIpc) is 2.95. The summed E-state index contributed by atoms with van der Waals surface area (Å²) in [6, 6.07) is 13.3. The lowest BCUT2D eigenvalue weighted by molar-refractivity contribution is 0.0705. The van der Waals surface area contributed by atoms with Crippen molar-refractivity contribution in [2.75, 3.05) is 34.4 Å². The Bertz CT molecular complexity index is 1260. The van der Waals surface area contributed by atoms with Gasteiger partial charge in [-0.15, -0.1) is 0 Å². The molecule has 0 bridgehead atoms. The second-order valence-electron chi connectivity index (χ2n) is 9.43. The van der Waals surface area contributed by atoms with Crippen LogP contribution in [0.15, 0.2) is 42.5 Å². The highest BCUT2D eigenvalue weighted by Gasteiger charge is 2.33. The van der Waals surface area contributed by atoms with E-state index in [1.807, 2.05) is 18.2 Å². The van der Waals surface area contributed by atoms with Crippen molar-refractivity contribution in [2.24, 2.45) is 0 Å². The zero-order valence-electron chi connectivity index (χ0n) is 22.5. The SMILES string of the molecule is CCCCc1nc(O)c(C(=O)N2CCC(c3ccccc3OC)CC2)c(O)c1-c1c(OC)cccc1OC. The Labute approximate surface area is 223 Å². The minimum absolute atomic E-state index is 0.205. The number of aromatic hydroxyl groups is 2. The first-order valence-electron chi connectivity index (χ1n) is 13.0. The predicted octanol–water partition coefficient (Wildman–Crippen LogP) is 5.55. The van der Waals surface area contributed by atoms with E-state index in [4.69, 9.17) is 14.2 Å². The van der Waals surface area contributed by atoms with Crippen LogP contribution in [0.5, 0.6) is 28.9 Å². The third-order valence-electron chi connectivity index (χ3n) is 7.25. The molecule has 0 radical (unpaired) electrons. The highest BCUT2D eigenvalue weighted by atomic mass is 16.5. The van der Waals surface area contributed by atoms with Gasteiger partial charge in [-0.1, -0.05) is 37.6 Å². The summed E-state index contributed by atoms with van der Waals surface area (Å²) >= 11 is 0. The number of methoxy groups -OCH3 is 3. The van der Waals surface area contributed by atoms with Gasteiger partial charge in [-0.3, -0.25) is 4.79 Å². The molecule has 1 aliphatic rings. The minimum Gasteiger partial charge on any atom is -0.506 e. The van der Waals surface area contributed by atoms with E-state index in [2.05, 4.69) is 18.0 Å². The van der Waals surface area contributed by atoms with E-state index >= 15 is 0 Å². The molecule has 1 amide bonds. The van der Waals surface area contributed by atoms with Crippen LogP contribution in [0.4, 0.5) is 0 Å². The van der Waals surface area contributed by atoms with Crippen LogP contribution < -0.4 is 14.2 Å². The van der Waals surface area contributed by atoms with E-state index < -0.39 is 11.8 Å². The molecular weight excluding hydrogens is 484 g/mol. The lowest BCUT2D eigenvalue weighted by Crippen LogP contribution is -2.38. The van der Waals surface area contributed by atoms with Gasteiger partial charge in [0.25, 0.3) is 5.91 Å². The van der Waals surface area contributed by atoms with Gasteiger partial charge in [-0.05, 0) is 55.4 Å². The maximum Gasteiger partial charge on any atom is 0.263 e. The van der Waals surface area contributed by atoms with Crippen molar-refractivity contribution in [3.8, 4) is 40.0 Å². The van der Waals surface area contributed by atoms with Crippen molar-refractivity contribution in [1.29, 1.82) is 0 Å². The number of carbonyl (C=O) groups excluding carboxylic acids is 1. The summed E-state index contributed by atoms with van der Waals surface area (Å²) in [4.78, 5) is 19.8. The van der Waals surface area contributed by atoms with Crippen molar-refractivity contribution in [3.63, 3.8) is 0 Å². The highest BCUT2D eigenvalue weighted by molar-refractivity contribution is 6.02. The molecule has 4 rings (SSSR count). The molecular formula is C30H36N2O6. The molecule has 2 aromatic carbocycles. The molecule has 8 nitrogen and oxygen atoms in total. The number of likely N-dealkylation sites (tertiary alicyclic amines) is 1. The number of aryl methyl sites for hydroxylation is 1. The number of unbranched alkanes of at least 4 members (excludes halogenated alkanes) is 1. The second-order valence-corrected chi connectivity index (χ2v) is 9.43. The first-order chi connectivity index (χ1) is 18.4. The quantitative estimate of drug-likeness (QED) is 0.382. The summed E-state index contributed by atoms with van der Waals surface area (Å²) in [5.41, 5.74) is 2.25. The molecule has 1 saturated heterocycles. The zero-order chi connectivity index (χ0) is 27.2. The number of amides is 1. The van der Waals surface area contributed by atoms with Gasteiger partial charge < -0.3 is 29.3 Å². The lowest BCUT2D eigenvalue weighted by Gasteiger charge is -2.33. The largest absolute Gasteiger partial charge is 0.506 e. The number of carbonyl (C=O) groups is 1. The van der Waals surface area contributed by atoms with Crippen molar-refractivity contribution in [1.82, 2.24) is 9.88 Å². The summed E-state index contributed by atoms with van der Waals surface area (Å²) < 4.78 is 16.7. The molecule has 3 aromatic rings. The van der Waals surface area contributed by atoms with Gasteiger partial charge >= 0.3 is 0 Å². The molecule has 0 spiro atoms. The number of pyridine rings is 1. The van der Waals surface area contributed by atoms with E-state index in [1.54, 1.807) is 30.2 Å². The number of piperidine rings is 1. The third-order valence-corrected chi connectivity index (χ3v) is 7.25. The number of hydrogen-bond donors (Lipinski definition) is 2. The summed E-state index contributed by atoms with van der Waals surface area (Å²) in [6.45, 7) is 3.01.